The molecule has 0 radical (unpaired) electrons. The maximum Gasteiger partial charge on any atom is 0.270 e. The fourth-order valence-corrected chi connectivity index (χ4v) is 3.81. The first-order valence-corrected chi connectivity index (χ1v) is 9.57. The summed E-state index contributed by atoms with van der Waals surface area (Å²) in [7, 11) is 3.37. The van der Waals surface area contributed by atoms with Crippen molar-refractivity contribution in [2.75, 3.05) is 20.6 Å². The summed E-state index contributed by atoms with van der Waals surface area (Å²) in [6.07, 6.45) is 0.580. The average molecular weight is 431 g/mol. The molecule has 0 spiro atoms. The number of rotatable bonds is 4. The number of nitrogens with zero attached hydrogens (tertiary/aromatic N) is 1. The first-order chi connectivity index (χ1) is 14.0. The molecule has 3 aromatic rings. The molecule has 1 aliphatic heterocycles. The van der Waals surface area contributed by atoms with Crippen molar-refractivity contribution in [2.24, 2.45) is 0 Å². The molecule has 0 bridgehead atoms. The Kier molecular flexibility index (Phi) is 6.43. The summed E-state index contributed by atoms with van der Waals surface area (Å²) in [6, 6.07) is 13.7. The number of benzene rings is 2. The summed E-state index contributed by atoms with van der Waals surface area (Å²) in [6.45, 7) is 0.579. The van der Waals surface area contributed by atoms with Crippen molar-refractivity contribution in [3.8, 4) is 11.1 Å². The maximum atomic E-state index is 13.2. The third kappa shape index (κ3) is 4.17. The fraction of sp³-hybridized carbons (Fsp3) is 0.273. The molecule has 0 saturated carbocycles. The zero-order chi connectivity index (χ0) is 20.5. The number of fused-ring (bicyclic) bond motifs is 1. The van der Waals surface area contributed by atoms with Crippen LogP contribution in [0.4, 0.5) is 4.39 Å². The monoisotopic (exact) mass is 430 g/mol. The van der Waals surface area contributed by atoms with Crippen molar-refractivity contribution >= 4 is 35.1 Å². The van der Waals surface area contributed by atoms with E-state index in [1.165, 1.54) is 12.1 Å². The van der Waals surface area contributed by atoms with E-state index in [0.717, 1.165) is 22.0 Å². The molecule has 0 unspecified atom stereocenters. The van der Waals surface area contributed by atoms with Crippen LogP contribution in [-0.2, 0) is 4.79 Å². The van der Waals surface area contributed by atoms with Gasteiger partial charge in [-0.05, 0) is 41.8 Å². The number of aromatic amines is 1. The number of hydrogen-bond acceptors (Lipinski definition) is 3. The van der Waals surface area contributed by atoms with Gasteiger partial charge in [-0.2, -0.15) is 0 Å². The number of hydrogen-bond donors (Lipinski definition) is 3. The predicted molar refractivity (Wildman–Crippen MR) is 117 cm³/mol. The molecule has 2 amide bonds. The molecule has 2 aromatic carbocycles. The zero-order valence-electron chi connectivity index (χ0n) is 16.7. The summed E-state index contributed by atoms with van der Waals surface area (Å²) >= 11 is 0. The van der Waals surface area contributed by atoms with Crippen LogP contribution in [0.1, 0.15) is 16.9 Å². The van der Waals surface area contributed by atoms with E-state index in [9.17, 15) is 14.0 Å². The van der Waals surface area contributed by atoms with Crippen molar-refractivity contribution in [1.29, 1.82) is 0 Å². The molecule has 4 rings (SSSR count). The van der Waals surface area contributed by atoms with Crippen LogP contribution in [0.3, 0.4) is 0 Å². The van der Waals surface area contributed by atoms with Gasteiger partial charge in [-0.3, -0.25) is 9.59 Å². The Hall–Kier alpha value is -2.90. The lowest BCUT2D eigenvalue weighted by molar-refractivity contribution is -0.122. The van der Waals surface area contributed by atoms with Crippen LogP contribution < -0.4 is 10.6 Å². The molecule has 2 atom stereocenters. The van der Waals surface area contributed by atoms with Gasteiger partial charge in [0.25, 0.3) is 5.91 Å². The quantitative estimate of drug-likeness (QED) is 0.595. The molecule has 158 valence electrons. The second kappa shape index (κ2) is 8.85. The number of likely N-dealkylation sites (N-methyl/N-ethyl adjacent to an activating group) is 2. The fourth-order valence-electron chi connectivity index (χ4n) is 3.81. The molecule has 1 saturated heterocycles. The summed E-state index contributed by atoms with van der Waals surface area (Å²) < 4.78 is 13.2. The second-order valence-corrected chi connectivity index (χ2v) is 7.37. The van der Waals surface area contributed by atoms with Crippen LogP contribution in [0.25, 0.3) is 22.0 Å². The number of carbonyl (C=O) groups excluding carboxylic acids is 2. The number of H-pyrrole nitrogens is 1. The van der Waals surface area contributed by atoms with Gasteiger partial charge in [-0.1, -0.05) is 24.3 Å². The number of nitrogens with one attached hydrogen (secondary N) is 3. The Labute approximate surface area is 180 Å². The summed E-state index contributed by atoms with van der Waals surface area (Å²) in [5.74, 6) is -0.452. The molecule has 1 aliphatic rings. The zero-order valence-corrected chi connectivity index (χ0v) is 17.6. The molecular weight excluding hydrogens is 407 g/mol. The molecule has 2 heterocycles. The minimum atomic E-state index is -0.277. The van der Waals surface area contributed by atoms with Gasteiger partial charge >= 0.3 is 0 Å². The van der Waals surface area contributed by atoms with Crippen LogP contribution in [0.15, 0.2) is 48.5 Å². The maximum absolute atomic E-state index is 13.2. The van der Waals surface area contributed by atoms with Gasteiger partial charge in [-0.25, -0.2) is 4.39 Å². The average Bonchev–Trinajstić information content (AvgIpc) is 3.39. The molecule has 6 nitrogen and oxygen atoms in total. The third-order valence-corrected chi connectivity index (χ3v) is 5.57. The number of aromatic nitrogens is 1. The molecule has 3 N–H and O–H groups in total. The van der Waals surface area contributed by atoms with E-state index in [4.69, 9.17) is 0 Å². The van der Waals surface area contributed by atoms with E-state index >= 15 is 0 Å². The highest BCUT2D eigenvalue weighted by Gasteiger charge is 2.33. The van der Waals surface area contributed by atoms with E-state index in [-0.39, 0.29) is 42.1 Å². The Bertz CT molecular complexity index is 1070. The Morgan fingerprint density at radius 1 is 1.10 bits per heavy atom. The lowest BCUT2D eigenvalue weighted by atomic mass is 10.0. The van der Waals surface area contributed by atoms with Crippen LogP contribution in [0.5, 0.6) is 0 Å². The predicted octanol–water partition coefficient (Wildman–Crippen LogP) is 2.94. The highest BCUT2D eigenvalue weighted by molar-refractivity contribution is 5.99. The number of amides is 2. The van der Waals surface area contributed by atoms with E-state index in [2.05, 4.69) is 15.6 Å². The lowest BCUT2D eigenvalue weighted by Gasteiger charge is -2.23. The minimum absolute atomic E-state index is 0. The Balaban J connectivity index is 0.00000256. The summed E-state index contributed by atoms with van der Waals surface area (Å²) in [5.41, 5.74) is 3.20. The highest BCUT2D eigenvalue weighted by atomic mass is 35.5. The van der Waals surface area contributed by atoms with Crippen LogP contribution in [0, 0.1) is 5.82 Å². The van der Waals surface area contributed by atoms with Crippen LogP contribution in [0.2, 0.25) is 0 Å². The van der Waals surface area contributed by atoms with E-state index < -0.39 is 0 Å². The summed E-state index contributed by atoms with van der Waals surface area (Å²) in [4.78, 5) is 29.7. The standard InChI is InChI=1S/C22H23FN4O2.ClH/c1-24-21(28)19-11-17(12-25-19)27(2)22(29)20-10-15-4-3-14(9-18(15)26-20)13-5-7-16(23)8-6-13;/h3-10,17,19,25-26H,11-12H2,1-2H3,(H,24,28);1H/t17-,19-;/m0./s1. The third-order valence-electron chi connectivity index (χ3n) is 5.57. The van der Waals surface area contributed by atoms with Gasteiger partial charge in [0.15, 0.2) is 0 Å². The van der Waals surface area contributed by atoms with Gasteiger partial charge in [-0.15, -0.1) is 12.4 Å². The van der Waals surface area contributed by atoms with E-state index in [1.54, 1.807) is 31.1 Å². The Morgan fingerprint density at radius 3 is 2.50 bits per heavy atom. The highest BCUT2D eigenvalue weighted by Crippen LogP contribution is 2.26. The molecular formula is C22H24ClFN4O2. The van der Waals surface area contributed by atoms with Crippen molar-refractivity contribution in [2.45, 2.75) is 18.5 Å². The Morgan fingerprint density at radius 2 is 1.80 bits per heavy atom. The largest absolute Gasteiger partial charge is 0.358 e. The van der Waals surface area contributed by atoms with E-state index in [1.807, 2.05) is 24.3 Å². The van der Waals surface area contributed by atoms with Crippen LogP contribution in [-0.4, -0.2) is 54.4 Å². The minimum Gasteiger partial charge on any atom is -0.358 e. The van der Waals surface area contributed by atoms with Crippen LogP contribution >= 0.6 is 12.4 Å². The first kappa shape index (κ1) is 21.8. The van der Waals surface area contributed by atoms with E-state index in [0.29, 0.717) is 18.7 Å². The van der Waals surface area contributed by atoms with Gasteiger partial charge < -0.3 is 20.5 Å². The number of halogens is 2. The first-order valence-electron chi connectivity index (χ1n) is 9.57. The van der Waals surface area contributed by atoms with Crippen molar-refractivity contribution in [3.05, 3.63) is 60.0 Å². The van der Waals surface area contributed by atoms with Gasteiger partial charge in [0.1, 0.15) is 11.5 Å². The smallest absolute Gasteiger partial charge is 0.270 e. The van der Waals surface area contributed by atoms with Crippen molar-refractivity contribution in [3.63, 3.8) is 0 Å². The lowest BCUT2D eigenvalue weighted by Crippen LogP contribution is -2.38. The van der Waals surface area contributed by atoms with Gasteiger partial charge in [0.2, 0.25) is 5.91 Å². The number of carbonyl (C=O) groups is 2. The molecule has 1 aromatic heterocycles. The second-order valence-electron chi connectivity index (χ2n) is 7.37. The molecule has 1 fully saturated rings. The molecule has 0 aliphatic carbocycles. The van der Waals surface area contributed by atoms with Gasteiger partial charge in [0.05, 0.1) is 6.04 Å². The summed E-state index contributed by atoms with van der Waals surface area (Å²) in [5, 5.41) is 6.72. The molecule has 8 heteroatoms. The van der Waals surface area contributed by atoms with Crippen molar-refractivity contribution in [1.82, 2.24) is 20.5 Å². The molecule has 30 heavy (non-hydrogen) atoms. The normalized spacial score (nSPS) is 18.1. The van der Waals surface area contributed by atoms with Gasteiger partial charge in [0, 0.05) is 37.6 Å². The SMILES string of the molecule is CNC(=O)[C@@H]1C[C@H](N(C)C(=O)c2cc3ccc(-c4ccc(F)cc4)cc3[nH]2)CN1.Cl. The van der Waals surface area contributed by atoms with Crippen molar-refractivity contribution < 1.29 is 14.0 Å². The topological polar surface area (TPSA) is 77.2 Å².